The third-order valence-electron chi connectivity index (χ3n) is 2.78. The number of hydrogen-bond donors (Lipinski definition) is 2. The molecule has 3 N–H and O–H groups in total. The van der Waals surface area contributed by atoms with E-state index in [1.807, 2.05) is 26.8 Å². The average molecular weight is 311 g/mol. The van der Waals surface area contributed by atoms with Gasteiger partial charge in [-0.05, 0) is 50.1 Å². The Balaban J connectivity index is 2.35. The minimum absolute atomic E-state index is 0.261. The first-order chi connectivity index (χ1) is 9.31. The molecule has 0 unspecified atom stereocenters. The quantitative estimate of drug-likeness (QED) is 0.907. The van der Waals surface area contributed by atoms with Crippen LogP contribution >= 0.6 is 11.3 Å². The van der Waals surface area contributed by atoms with Crippen LogP contribution in [0.15, 0.2) is 22.4 Å². The first-order valence-electron chi connectivity index (χ1n) is 6.09. The summed E-state index contributed by atoms with van der Waals surface area (Å²) in [5, 5.41) is 0. The van der Waals surface area contributed by atoms with E-state index in [0.717, 1.165) is 21.7 Å². The lowest BCUT2D eigenvalue weighted by molar-refractivity contribution is 0.603. The first kappa shape index (κ1) is 15.0. The fourth-order valence-electron chi connectivity index (χ4n) is 1.91. The summed E-state index contributed by atoms with van der Waals surface area (Å²) in [4.78, 5) is 5.06. The van der Waals surface area contributed by atoms with Crippen LogP contribution in [0.4, 0.5) is 5.82 Å². The smallest absolute Gasteiger partial charge is 0.272 e. The van der Waals surface area contributed by atoms with E-state index in [4.69, 9.17) is 5.73 Å². The number of nitrogens with two attached hydrogens (primary N) is 1. The molecule has 0 fully saturated rings. The number of aromatic nitrogens is 1. The third-order valence-corrected chi connectivity index (χ3v) is 5.87. The van der Waals surface area contributed by atoms with Crippen molar-refractivity contribution in [3.8, 4) is 0 Å². The second-order valence-electron chi connectivity index (χ2n) is 4.65. The van der Waals surface area contributed by atoms with Crippen LogP contribution in [0, 0.1) is 20.8 Å². The molecule has 0 radical (unpaired) electrons. The van der Waals surface area contributed by atoms with Crippen molar-refractivity contribution >= 4 is 27.2 Å². The van der Waals surface area contributed by atoms with Gasteiger partial charge in [0.15, 0.2) is 0 Å². The monoisotopic (exact) mass is 311 g/mol. The molecule has 0 saturated heterocycles. The Morgan fingerprint density at radius 3 is 2.50 bits per heavy atom. The molecule has 2 aromatic rings. The first-order valence-corrected chi connectivity index (χ1v) is 8.39. The van der Waals surface area contributed by atoms with E-state index in [-0.39, 0.29) is 4.21 Å². The van der Waals surface area contributed by atoms with Gasteiger partial charge in [-0.3, -0.25) is 4.72 Å². The van der Waals surface area contributed by atoms with E-state index in [2.05, 4.69) is 9.71 Å². The second-order valence-corrected chi connectivity index (χ2v) is 7.70. The van der Waals surface area contributed by atoms with Crippen molar-refractivity contribution in [2.45, 2.75) is 31.5 Å². The van der Waals surface area contributed by atoms with E-state index in [1.54, 1.807) is 12.1 Å². The largest absolute Gasteiger partial charge is 0.326 e. The maximum absolute atomic E-state index is 12.3. The van der Waals surface area contributed by atoms with Crippen LogP contribution in [0.3, 0.4) is 0 Å². The lowest BCUT2D eigenvalue weighted by Crippen LogP contribution is -2.13. The molecule has 0 atom stereocenters. The number of anilines is 1. The van der Waals surface area contributed by atoms with Crippen LogP contribution in [0.1, 0.15) is 21.7 Å². The Bertz CT molecular complexity index is 716. The van der Waals surface area contributed by atoms with E-state index in [9.17, 15) is 8.42 Å². The number of sulfonamides is 1. The highest BCUT2D eigenvalue weighted by Crippen LogP contribution is 2.27. The molecule has 2 aromatic heterocycles. The summed E-state index contributed by atoms with van der Waals surface area (Å²) in [6.07, 6.45) is 0. The highest BCUT2D eigenvalue weighted by atomic mass is 32.2. The molecule has 0 amide bonds. The van der Waals surface area contributed by atoms with Crippen LogP contribution < -0.4 is 10.5 Å². The van der Waals surface area contributed by atoms with Crippen molar-refractivity contribution in [2.75, 3.05) is 4.72 Å². The van der Waals surface area contributed by atoms with Gasteiger partial charge in [-0.25, -0.2) is 13.4 Å². The Labute approximate surface area is 122 Å². The number of aryl methyl sites for hydroxylation is 3. The van der Waals surface area contributed by atoms with Gasteiger partial charge in [0.1, 0.15) is 10.0 Å². The Kier molecular flexibility index (Phi) is 4.12. The summed E-state index contributed by atoms with van der Waals surface area (Å²) < 4.78 is 27.4. The van der Waals surface area contributed by atoms with Crippen molar-refractivity contribution < 1.29 is 8.42 Å². The summed E-state index contributed by atoms with van der Waals surface area (Å²) in [6, 6.07) is 5.23. The maximum atomic E-state index is 12.3. The highest BCUT2D eigenvalue weighted by Gasteiger charge is 2.19. The SMILES string of the molecule is Cc1cc(C)nc(NS(=O)(=O)c2cc(C)c(CN)s2)c1. The fourth-order valence-corrected chi connectivity index (χ4v) is 4.37. The number of nitrogens with zero attached hydrogens (tertiary/aromatic N) is 1. The summed E-state index contributed by atoms with van der Waals surface area (Å²) in [5.41, 5.74) is 8.21. The molecule has 0 aliphatic heterocycles. The average Bonchev–Trinajstić information content (AvgIpc) is 2.69. The number of rotatable bonds is 4. The normalized spacial score (nSPS) is 11.6. The predicted octanol–water partition coefficient (Wildman–Crippen LogP) is 2.33. The van der Waals surface area contributed by atoms with Gasteiger partial charge in [0.2, 0.25) is 0 Å². The summed E-state index contributed by atoms with van der Waals surface area (Å²) in [7, 11) is -3.61. The third kappa shape index (κ3) is 3.17. The molecule has 108 valence electrons. The predicted molar refractivity (Wildman–Crippen MR) is 81.5 cm³/mol. The van der Waals surface area contributed by atoms with E-state index < -0.39 is 10.0 Å². The molecule has 0 saturated carbocycles. The maximum Gasteiger partial charge on any atom is 0.272 e. The zero-order chi connectivity index (χ0) is 14.9. The van der Waals surface area contributed by atoms with Crippen molar-refractivity contribution in [1.82, 2.24) is 4.98 Å². The second kappa shape index (κ2) is 5.51. The molecule has 0 aliphatic rings. The van der Waals surface area contributed by atoms with Crippen LogP contribution in [0.25, 0.3) is 0 Å². The van der Waals surface area contributed by atoms with Gasteiger partial charge in [-0.1, -0.05) is 0 Å². The molecule has 2 rings (SSSR count). The topological polar surface area (TPSA) is 85.1 Å². The molecule has 5 nitrogen and oxygen atoms in total. The molecule has 2 heterocycles. The van der Waals surface area contributed by atoms with Crippen LogP contribution in [0.5, 0.6) is 0 Å². The zero-order valence-corrected chi connectivity index (χ0v) is 13.2. The minimum Gasteiger partial charge on any atom is -0.326 e. The van der Waals surface area contributed by atoms with Gasteiger partial charge < -0.3 is 5.73 Å². The lowest BCUT2D eigenvalue weighted by Gasteiger charge is -2.07. The van der Waals surface area contributed by atoms with Gasteiger partial charge in [-0.2, -0.15) is 0 Å². The van der Waals surface area contributed by atoms with Gasteiger partial charge in [0.25, 0.3) is 10.0 Å². The number of nitrogens with one attached hydrogen (secondary N) is 1. The molecule has 7 heteroatoms. The molecule has 0 spiro atoms. The number of hydrogen-bond acceptors (Lipinski definition) is 5. The van der Waals surface area contributed by atoms with E-state index >= 15 is 0 Å². The zero-order valence-electron chi connectivity index (χ0n) is 11.6. The van der Waals surface area contributed by atoms with Gasteiger partial charge in [0.05, 0.1) is 0 Å². The van der Waals surface area contributed by atoms with Crippen molar-refractivity contribution in [3.63, 3.8) is 0 Å². The van der Waals surface area contributed by atoms with E-state index in [1.165, 1.54) is 11.3 Å². The Hall–Kier alpha value is -1.44. The molecule has 20 heavy (non-hydrogen) atoms. The fraction of sp³-hybridized carbons (Fsp3) is 0.308. The van der Waals surface area contributed by atoms with E-state index in [0.29, 0.717) is 12.4 Å². The minimum atomic E-state index is -3.61. The summed E-state index contributed by atoms with van der Waals surface area (Å²) in [5.74, 6) is 0.336. The van der Waals surface area contributed by atoms with Crippen molar-refractivity contribution in [1.29, 1.82) is 0 Å². The van der Waals surface area contributed by atoms with Crippen LogP contribution in [-0.2, 0) is 16.6 Å². The molecule has 0 bridgehead atoms. The molecular formula is C13H17N3O2S2. The number of pyridine rings is 1. The van der Waals surface area contributed by atoms with Gasteiger partial charge in [-0.15, -0.1) is 11.3 Å². The van der Waals surface area contributed by atoms with Crippen molar-refractivity contribution in [3.05, 3.63) is 39.9 Å². The summed E-state index contributed by atoms with van der Waals surface area (Å²) in [6.45, 7) is 5.92. The van der Waals surface area contributed by atoms with Crippen LogP contribution in [0.2, 0.25) is 0 Å². The molecule has 0 aliphatic carbocycles. The lowest BCUT2D eigenvalue weighted by atomic mass is 10.2. The summed E-state index contributed by atoms with van der Waals surface area (Å²) >= 11 is 1.19. The van der Waals surface area contributed by atoms with Gasteiger partial charge in [0, 0.05) is 17.1 Å². The highest BCUT2D eigenvalue weighted by molar-refractivity contribution is 7.94. The van der Waals surface area contributed by atoms with Crippen LogP contribution in [-0.4, -0.2) is 13.4 Å². The molecule has 0 aromatic carbocycles. The standard InChI is InChI=1S/C13H17N3O2S2/c1-8-4-10(3)15-12(5-8)16-20(17,18)13-6-9(2)11(7-14)19-13/h4-6H,7,14H2,1-3H3,(H,15,16). The van der Waals surface area contributed by atoms with Crippen molar-refractivity contribution in [2.24, 2.45) is 5.73 Å². The molecular weight excluding hydrogens is 294 g/mol. The van der Waals surface area contributed by atoms with Gasteiger partial charge >= 0.3 is 0 Å². The Morgan fingerprint density at radius 1 is 1.25 bits per heavy atom. The number of thiophene rings is 1. The Morgan fingerprint density at radius 2 is 1.95 bits per heavy atom.